The SMILES string of the molecule is CCS(=O)(=O)c1ccc(C)cc1N(C)C(=O)c1cc(Cl)c(CN2CCC[C@H](N(C)C(=O)O)C2)c(C(F)(F)F)c1. The lowest BCUT2D eigenvalue weighted by molar-refractivity contribution is -0.138. The first-order valence-corrected chi connectivity index (χ1v) is 14.3. The van der Waals surface area contributed by atoms with Crippen LogP contribution in [0.3, 0.4) is 0 Å². The summed E-state index contributed by atoms with van der Waals surface area (Å²) < 4.78 is 67.9. The van der Waals surface area contributed by atoms with Gasteiger partial charge in [0.2, 0.25) is 0 Å². The number of hydrogen-bond acceptors (Lipinski definition) is 5. The average molecular weight is 590 g/mol. The van der Waals surface area contributed by atoms with Gasteiger partial charge in [0, 0.05) is 43.8 Å². The van der Waals surface area contributed by atoms with E-state index in [4.69, 9.17) is 11.6 Å². The monoisotopic (exact) mass is 589 g/mol. The molecule has 2 aromatic rings. The van der Waals surface area contributed by atoms with Crippen LogP contribution < -0.4 is 4.90 Å². The molecule has 0 unspecified atom stereocenters. The van der Waals surface area contributed by atoms with Crippen LogP contribution in [-0.2, 0) is 22.6 Å². The molecule has 39 heavy (non-hydrogen) atoms. The Morgan fingerprint density at radius 3 is 2.44 bits per heavy atom. The van der Waals surface area contributed by atoms with Crippen LogP contribution in [0.1, 0.15) is 46.8 Å². The van der Waals surface area contributed by atoms with Crippen molar-refractivity contribution in [3.05, 3.63) is 57.6 Å². The Balaban J connectivity index is 1.99. The molecule has 1 aliphatic rings. The average Bonchev–Trinajstić information content (AvgIpc) is 2.87. The number of sulfone groups is 1. The van der Waals surface area contributed by atoms with Gasteiger partial charge in [0.25, 0.3) is 5.91 Å². The van der Waals surface area contributed by atoms with Gasteiger partial charge < -0.3 is 14.9 Å². The minimum atomic E-state index is -4.83. The van der Waals surface area contributed by atoms with E-state index in [1.54, 1.807) is 17.9 Å². The minimum Gasteiger partial charge on any atom is -0.465 e. The van der Waals surface area contributed by atoms with Crippen LogP contribution in [0, 0.1) is 6.92 Å². The lowest BCUT2D eigenvalue weighted by atomic mass is 9.99. The summed E-state index contributed by atoms with van der Waals surface area (Å²) in [5, 5.41) is 9.01. The summed E-state index contributed by atoms with van der Waals surface area (Å²) in [6.07, 6.45) is -4.76. The lowest BCUT2D eigenvalue weighted by Gasteiger charge is -2.37. The van der Waals surface area contributed by atoms with E-state index in [1.807, 2.05) is 0 Å². The molecule has 0 spiro atoms. The summed E-state index contributed by atoms with van der Waals surface area (Å²) in [6, 6.07) is 5.95. The number of benzene rings is 2. The summed E-state index contributed by atoms with van der Waals surface area (Å²) in [6.45, 7) is 3.68. The van der Waals surface area contributed by atoms with Crippen molar-refractivity contribution in [1.29, 1.82) is 0 Å². The van der Waals surface area contributed by atoms with Crippen LogP contribution >= 0.6 is 11.6 Å². The molecule has 13 heteroatoms. The second-order valence-electron chi connectivity index (χ2n) is 9.65. The van der Waals surface area contributed by atoms with Gasteiger partial charge in [-0.1, -0.05) is 24.6 Å². The quantitative estimate of drug-likeness (QED) is 0.470. The number of halogens is 4. The molecule has 0 saturated carbocycles. The van der Waals surface area contributed by atoms with E-state index in [9.17, 15) is 36.3 Å². The fourth-order valence-corrected chi connectivity index (χ4v) is 6.04. The molecule has 1 heterocycles. The molecule has 214 valence electrons. The maximum atomic E-state index is 14.2. The zero-order valence-electron chi connectivity index (χ0n) is 22.0. The molecule has 1 aliphatic heterocycles. The number of rotatable bonds is 7. The maximum Gasteiger partial charge on any atom is 0.416 e. The lowest BCUT2D eigenvalue weighted by Crippen LogP contribution is -2.48. The third-order valence-electron chi connectivity index (χ3n) is 6.96. The molecule has 0 radical (unpaired) electrons. The first-order valence-electron chi connectivity index (χ1n) is 12.3. The Bertz CT molecular complexity index is 1370. The second kappa shape index (κ2) is 11.7. The van der Waals surface area contributed by atoms with E-state index >= 15 is 0 Å². The number of hydrogen-bond donors (Lipinski definition) is 1. The van der Waals surface area contributed by atoms with Gasteiger partial charge in [-0.15, -0.1) is 0 Å². The van der Waals surface area contributed by atoms with Crippen molar-refractivity contribution >= 4 is 39.1 Å². The van der Waals surface area contributed by atoms with Gasteiger partial charge in [-0.3, -0.25) is 9.69 Å². The van der Waals surface area contributed by atoms with Crippen molar-refractivity contribution < 1.29 is 36.3 Å². The highest BCUT2D eigenvalue weighted by Gasteiger charge is 2.37. The van der Waals surface area contributed by atoms with Gasteiger partial charge in [-0.05, 0) is 61.7 Å². The highest BCUT2D eigenvalue weighted by Crippen LogP contribution is 2.38. The third-order valence-corrected chi connectivity index (χ3v) is 9.07. The number of carbonyl (C=O) groups is 2. The van der Waals surface area contributed by atoms with E-state index < -0.39 is 33.6 Å². The van der Waals surface area contributed by atoms with Crippen molar-refractivity contribution in [3.63, 3.8) is 0 Å². The number of aryl methyl sites for hydroxylation is 1. The minimum absolute atomic E-state index is 0.0533. The van der Waals surface area contributed by atoms with Crippen molar-refractivity contribution in [2.75, 3.05) is 37.8 Å². The van der Waals surface area contributed by atoms with E-state index in [0.717, 1.165) is 21.9 Å². The molecular weight excluding hydrogens is 559 g/mol. The molecule has 2 aromatic carbocycles. The molecule has 0 aromatic heterocycles. The number of likely N-dealkylation sites (N-methyl/N-ethyl adjacent to an activating group) is 1. The fourth-order valence-electron chi connectivity index (χ4n) is 4.66. The molecule has 1 N–H and O–H groups in total. The van der Waals surface area contributed by atoms with Crippen molar-refractivity contribution in [3.8, 4) is 0 Å². The first kappa shape index (κ1) is 30.7. The summed E-state index contributed by atoms with van der Waals surface area (Å²) in [7, 11) is -1.01. The zero-order valence-corrected chi connectivity index (χ0v) is 23.6. The van der Waals surface area contributed by atoms with Crippen molar-refractivity contribution in [1.82, 2.24) is 9.80 Å². The van der Waals surface area contributed by atoms with Gasteiger partial charge in [0.15, 0.2) is 9.84 Å². The van der Waals surface area contributed by atoms with Crippen LogP contribution in [0.5, 0.6) is 0 Å². The predicted molar refractivity (Wildman–Crippen MR) is 142 cm³/mol. The predicted octanol–water partition coefficient (Wildman–Crippen LogP) is 5.31. The number of amides is 2. The standard InChI is InChI=1S/C26H31ClF3N3O5S/c1-5-39(37,38)23-9-8-16(2)11-22(23)32(4)24(34)17-12-20(26(28,29)30)19(21(27)13-17)15-33-10-6-7-18(14-33)31(3)25(35)36/h8-9,11-13,18H,5-7,10,14-15H2,1-4H3,(H,35,36)/t18-/m0/s1. The van der Waals surface area contributed by atoms with E-state index in [2.05, 4.69) is 0 Å². The molecule has 0 bridgehead atoms. The van der Waals surface area contributed by atoms with Crippen molar-refractivity contribution in [2.24, 2.45) is 0 Å². The highest BCUT2D eigenvalue weighted by molar-refractivity contribution is 7.91. The molecule has 1 atom stereocenters. The summed E-state index contributed by atoms with van der Waals surface area (Å²) >= 11 is 6.36. The van der Waals surface area contributed by atoms with E-state index in [-0.39, 0.29) is 51.6 Å². The molecule has 3 rings (SSSR count). The first-order chi connectivity index (χ1) is 18.1. The Morgan fingerprint density at radius 2 is 1.85 bits per heavy atom. The largest absolute Gasteiger partial charge is 0.465 e. The van der Waals surface area contributed by atoms with Crippen LogP contribution in [0.2, 0.25) is 5.02 Å². The molecule has 0 aliphatic carbocycles. The normalized spacial score (nSPS) is 16.7. The number of carboxylic acid groups (broad SMARTS) is 1. The number of anilines is 1. The number of alkyl halides is 3. The van der Waals surface area contributed by atoms with Gasteiger partial charge in [-0.25, -0.2) is 13.2 Å². The van der Waals surface area contributed by atoms with Gasteiger partial charge in [0.1, 0.15) is 0 Å². The molecule has 2 amide bonds. The second-order valence-corrected chi connectivity index (χ2v) is 12.3. The van der Waals surface area contributed by atoms with Gasteiger partial charge >= 0.3 is 12.3 Å². The maximum absolute atomic E-state index is 14.2. The number of likely N-dealkylation sites (tertiary alicyclic amines) is 1. The molecule has 8 nitrogen and oxygen atoms in total. The fraction of sp³-hybridized carbons (Fsp3) is 0.462. The summed E-state index contributed by atoms with van der Waals surface area (Å²) in [5.41, 5.74) is -0.921. The number of piperidine rings is 1. The molecule has 1 fully saturated rings. The zero-order chi connectivity index (χ0) is 29.3. The topological polar surface area (TPSA) is 98.2 Å². The van der Waals surface area contributed by atoms with Gasteiger partial charge in [-0.2, -0.15) is 13.2 Å². The Labute approximate surface area is 230 Å². The third kappa shape index (κ3) is 6.85. The Kier molecular flexibility index (Phi) is 9.24. The smallest absolute Gasteiger partial charge is 0.416 e. The Hall–Kier alpha value is -2.83. The van der Waals surface area contributed by atoms with E-state index in [0.29, 0.717) is 24.9 Å². The number of nitrogens with zero attached hydrogens (tertiary/aromatic N) is 3. The van der Waals surface area contributed by atoms with E-state index in [1.165, 1.54) is 33.2 Å². The van der Waals surface area contributed by atoms with Crippen LogP contribution in [0.4, 0.5) is 23.7 Å². The summed E-state index contributed by atoms with van der Waals surface area (Å²) in [4.78, 5) is 28.5. The molecule has 1 saturated heterocycles. The highest BCUT2D eigenvalue weighted by atomic mass is 35.5. The van der Waals surface area contributed by atoms with Crippen molar-refractivity contribution in [2.45, 2.75) is 50.3 Å². The van der Waals surface area contributed by atoms with Crippen LogP contribution in [0.15, 0.2) is 35.2 Å². The summed E-state index contributed by atoms with van der Waals surface area (Å²) in [5.74, 6) is -1.07. The van der Waals surface area contributed by atoms with Crippen LogP contribution in [0.25, 0.3) is 0 Å². The Morgan fingerprint density at radius 1 is 1.18 bits per heavy atom. The van der Waals surface area contributed by atoms with Crippen LogP contribution in [-0.4, -0.2) is 74.3 Å². The van der Waals surface area contributed by atoms with Gasteiger partial charge in [0.05, 0.1) is 21.9 Å². The number of carbonyl (C=O) groups excluding carboxylic acids is 1. The molecular formula is C26H31ClF3N3O5S.